The summed E-state index contributed by atoms with van der Waals surface area (Å²) in [6, 6.07) is 0. The van der Waals surface area contributed by atoms with Crippen molar-refractivity contribution in [1.82, 2.24) is 0 Å². The summed E-state index contributed by atoms with van der Waals surface area (Å²) >= 11 is 0. The van der Waals surface area contributed by atoms with E-state index in [4.69, 9.17) is 4.74 Å². The van der Waals surface area contributed by atoms with E-state index < -0.39 is 0 Å². The third-order valence-electron chi connectivity index (χ3n) is 1.93. The molecule has 2 rings (SSSR count). The van der Waals surface area contributed by atoms with Gasteiger partial charge in [0.25, 0.3) is 0 Å². The Morgan fingerprint density at radius 2 is 2.56 bits per heavy atom. The summed E-state index contributed by atoms with van der Waals surface area (Å²) in [6.07, 6.45) is 5.14. The Bertz CT molecular complexity index is 172. The lowest BCUT2D eigenvalue weighted by molar-refractivity contribution is -0.124. The summed E-state index contributed by atoms with van der Waals surface area (Å²) in [7, 11) is 0. The summed E-state index contributed by atoms with van der Waals surface area (Å²) in [5.74, 6) is 0.751. The standard InChI is InChI=1S/C7H8O2/c8-6-3-5-1-2-9-7(6)4-5/h1-2,5,7H,3-4H2. The predicted molar refractivity (Wildman–Crippen MR) is 31.7 cm³/mol. The molecule has 9 heavy (non-hydrogen) atoms. The molecule has 2 bridgehead atoms. The fourth-order valence-corrected chi connectivity index (χ4v) is 1.41. The molecule has 0 aromatic carbocycles. The van der Waals surface area contributed by atoms with Gasteiger partial charge in [-0.3, -0.25) is 4.79 Å². The summed E-state index contributed by atoms with van der Waals surface area (Å²) in [6.45, 7) is 0. The van der Waals surface area contributed by atoms with Crippen LogP contribution in [0.1, 0.15) is 12.8 Å². The van der Waals surface area contributed by atoms with Crippen LogP contribution in [0.4, 0.5) is 0 Å². The molecule has 1 aliphatic heterocycles. The lowest BCUT2D eigenvalue weighted by atomic mass is 10.1. The van der Waals surface area contributed by atoms with Crippen molar-refractivity contribution < 1.29 is 9.53 Å². The lowest BCUT2D eigenvalue weighted by Crippen LogP contribution is -2.15. The van der Waals surface area contributed by atoms with Gasteiger partial charge in [-0.1, -0.05) is 0 Å². The maximum atomic E-state index is 10.9. The van der Waals surface area contributed by atoms with Crippen LogP contribution in [0, 0.1) is 5.92 Å². The fourth-order valence-electron chi connectivity index (χ4n) is 1.41. The van der Waals surface area contributed by atoms with Crippen LogP contribution in [0.15, 0.2) is 12.3 Å². The molecule has 2 atom stereocenters. The number of ether oxygens (including phenoxy) is 1. The van der Waals surface area contributed by atoms with Gasteiger partial charge in [-0.15, -0.1) is 0 Å². The van der Waals surface area contributed by atoms with Crippen LogP contribution in [0.2, 0.25) is 0 Å². The monoisotopic (exact) mass is 124 g/mol. The van der Waals surface area contributed by atoms with E-state index in [9.17, 15) is 4.79 Å². The van der Waals surface area contributed by atoms with Crippen molar-refractivity contribution in [3.8, 4) is 0 Å². The van der Waals surface area contributed by atoms with Crippen LogP contribution in [0.25, 0.3) is 0 Å². The molecule has 0 spiro atoms. The van der Waals surface area contributed by atoms with Crippen LogP contribution < -0.4 is 0 Å². The molecular formula is C7H8O2. The zero-order valence-electron chi connectivity index (χ0n) is 5.04. The van der Waals surface area contributed by atoms with Gasteiger partial charge in [-0.05, 0) is 18.4 Å². The van der Waals surface area contributed by atoms with Gasteiger partial charge in [0.15, 0.2) is 11.9 Å². The SMILES string of the molecule is O=C1CC2C=COC1C2. The zero-order valence-corrected chi connectivity index (χ0v) is 5.04. The number of rotatable bonds is 0. The van der Waals surface area contributed by atoms with E-state index in [0.29, 0.717) is 12.3 Å². The maximum Gasteiger partial charge on any atom is 0.173 e. The van der Waals surface area contributed by atoms with Crippen LogP contribution in [0.3, 0.4) is 0 Å². The molecule has 1 heterocycles. The van der Waals surface area contributed by atoms with E-state index in [1.165, 1.54) is 0 Å². The second-order valence-electron chi connectivity index (χ2n) is 2.62. The number of Topliss-reactive ketones (excluding diaryl/α,β-unsaturated/α-hetero) is 1. The first kappa shape index (κ1) is 5.03. The van der Waals surface area contributed by atoms with Crippen LogP contribution in [0.5, 0.6) is 0 Å². The van der Waals surface area contributed by atoms with Crippen molar-refractivity contribution in [3.05, 3.63) is 12.3 Å². The average Bonchev–Trinajstić information content (AvgIpc) is 2.09. The van der Waals surface area contributed by atoms with E-state index in [-0.39, 0.29) is 11.9 Å². The molecule has 0 amide bonds. The van der Waals surface area contributed by atoms with E-state index in [1.54, 1.807) is 6.26 Å². The number of hydrogen-bond acceptors (Lipinski definition) is 2. The largest absolute Gasteiger partial charge is 0.491 e. The number of carbonyl (C=O) groups is 1. The Labute approximate surface area is 53.5 Å². The predicted octanol–water partition coefficient (Wildman–Crippen LogP) is 0.878. The molecule has 0 saturated heterocycles. The highest BCUT2D eigenvalue weighted by molar-refractivity contribution is 5.86. The normalized spacial score (nSPS) is 38.9. The Morgan fingerprint density at radius 3 is 3.22 bits per heavy atom. The smallest absolute Gasteiger partial charge is 0.173 e. The van der Waals surface area contributed by atoms with Gasteiger partial charge in [0, 0.05) is 6.42 Å². The van der Waals surface area contributed by atoms with E-state index >= 15 is 0 Å². The first-order valence-corrected chi connectivity index (χ1v) is 3.21. The van der Waals surface area contributed by atoms with Crippen molar-refractivity contribution >= 4 is 5.78 Å². The highest BCUT2D eigenvalue weighted by Gasteiger charge is 2.34. The second-order valence-corrected chi connectivity index (χ2v) is 2.62. The van der Waals surface area contributed by atoms with Crippen molar-refractivity contribution in [3.63, 3.8) is 0 Å². The van der Waals surface area contributed by atoms with E-state index in [2.05, 4.69) is 0 Å². The van der Waals surface area contributed by atoms with Crippen LogP contribution in [-0.4, -0.2) is 11.9 Å². The number of fused-ring (bicyclic) bond motifs is 2. The van der Waals surface area contributed by atoms with Gasteiger partial charge in [0.1, 0.15) is 0 Å². The summed E-state index contributed by atoms with van der Waals surface area (Å²) < 4.78 is 5.05. The number of ketones is 1. The van der Waals surface area contributed by atoms with Gasteiger partial charge >= 0.3 is 0 Å². The molecule has 0 radical (unpaired) electrons. The molecule has 2 unspecified atom stereocenters. The third-order valence-corrected chi connectivity index (χ3v) is 1.93. The highest BCUT2D eigenvalue weighted by atomic mass is 16.5. The Hall–Kier alpha value is -0.790. The Kier molecular flexibility index (Phi) is 0.891. The first-order chi connectivity index (χ1) is 4.36. The molecular weight excluding hydrogens is 116 g/mol. The lowest BCUT2D eigenvalue weighted by Gasteiger charge is -2.11. The fraction of sp³-hybridized carbons (Fsp3) is 0.571. The van der Waals surface area contributed by atoms with Gasteiger partial charge in [0.2, 0.25) is 0 Å². The molecule has 2 heteroatoms. The summed E-state index contributed by atoms with van der Waals surface area (Å²) in [5.41, 5.74) is 0. The van der Waals surface area contributed by atoms with E-state index in [0.717, 1.165) is 6.42 Å². The van der Waals surface area contributed by atoms with Crippen molar-refractivity contribution in [2.24, 2.45) is 5.92 Å². The van der Waals surface area contributed by atoms with Crippen LogP contribution >= 0.6 is 0 Å². The topological polar surface area (TPSA) is 26.3 Å². The molecule has 48 valence electrons. The minimum Gasteiger partial charge on any atom is -0.491 e. The number of hydrogen-bond donors (Lipinski definition) is 0. The van der Waals surface area contributed by atoms with Gasteiger partial charge in [-0.25, -0.2) is 0 Å². The summed E-state index contributed by atoms with van der Waals surface area (Å²) in [5, 5.41) is 0. The average molecular weight is 124 g/mol. The third kappa shape index (κ3) is 0.661. The highest BCUT2D eigenvalue weighted by Crippen LogP contribution is 2.29. The van der Waals surface area contributed by atoms with Gasteiger partial charge in [-0.2, -0.15) is 0 Å². The van der Waals surface area contributed by atoms with Crippen molar-refractivity contribution in [2.75, 3.05) is 0 Å². The van der Waals surface area contributed by atoms with E-state index in [1.807, 2.05) is 6.08 Å². The van der Waals surface area contributed by atoms with Gasteiger partial charge < -0.3 is 4.74 Å². The molecule has 0 N–H and O–H groups in total. The first-order valence-electron chi connectivity index (χ1n) is 3.21. The molecule has 2 aliphatic rings. The van der Waals surface area contributed by atoms with Crippen molar-refractivity contribution in [1.29, 1.82) is 0 Å². The molecule has 0 aromatic rings. The number of carbonyl (C=O) groups excluding carboxylic acids is 1. The Morgan fingerprint density at radius 1 is 1.67 bits per heavy atom. The van der Waals surface area contributed by atoms with Crippen molar-refractivity contribution in [2.45, 2.75) is 18.9 Å². The molecule has 1 saturated carbocycles. The molecule has 1 aliphatic carbocycles. The molecule has 2 nitrogen and oxygen atoms in total. The minimum atomic E-state index is -0.0972. The minimum absolute atomic E-state index is 0.0972. The Balaban J connectivity index is 2.26. The maximum absolute atomic E-state index is 10.9. The quantitative estimate of drug-likeness (QED) is 0.479. The number of allylic oxidation sites excluding steroid dienone is 1. The molecule has 0 aromatic heterocycles. The molecule has 1 fully saturated rings. The van der Waals surface area contributed by atoms with Crippen LogP contribution in [-0.2, 0) is 9.53 Å². The summed E-state index contributed by atoms with van der Waals surface area (Å²) in [4.78, 5) is 10.9. The second kappa shape index (κ2) is 1.59. The van der Waals surface area contributed by atoms with Gasteiger partial charge in [0.05, 0.1) is 6.26 Å². The zero-order chi connectivity index (χ0) is 6.27.